The van der Waals surface area contributed by atoms with Crippen LogP contribution in [0, 0.1) is 11.8 Å². The lowest BCUT2D eigenvalue weighted by Gasteiger charge is -2.26. The zero-order chi connectivity index (χ0) is 16.8. The number of methoxy groups -OCH3 is 1. The van der Waals surface area contributed by atoms with Crippen molar-refractivity contribution in [1.29, 1.82) is 0 Å². The molecule has 0 aromatic carbocycles. The van der Waals surface area contributed by atoms with Crippen LogP contribution in [0.4, 0.5) is 0 Å². The van der Waals surface area contributed by atoms with Crippen molar-refractivity contribution in [3.63, 3.8) is 0 Å². The molecular formula is C17H29N3O3. The number of nitrogens with one attached hydrogen (secondary N) is 1. The van der Waals surface area contributed by atoms with Crippen LogP contribution in [0.15, 0.2) is 12.3 Å². The van der Waals surface area contributed by atoms with E-state index in [1.165, 1.54) is 0 Å². The Bertz CT molecular complexity index is 484. The fourth-order valence-electron chi connectivity index (χ4n) is 3.47. The SMILES string of the molecule is COCCc1nccc(CC2C(NC(C)C)CC(O)C2CO)n1. The first kappa shape index (κ1) is 18.3. The summed E-state index contributed by atoms with van der Waals surface area (Å²) in [7, 11) is 1.66. The molecule has 6 heteroatoms. The van der Waals surface area contributed by atoms with Crippen molar-refractivity contribution in [3.05, 3.63) is 23.8 Å². The van der Waals surface area contributed by atoms with Gasteiger partial charge in [0.1, 0.15) is 5.82 Å². The number of aliphatic hydroxyl groups excluding tert-OH is 2. The molecule has 23 heavy (non-hydrogen) atoms. The Labute approximate surface area is 138 Å². The van der Waals surface area contributed by atoms with Crippen LogP contribution in [0.2, 0.25) is 0 Å². The molecule has 0 saturated heterocycles. The van der Waals surface area contributed by atoms with E-state index in [2.05, 4.69) is 29.1 Å². The number of aliphatic hydroxyl groups is 2. The molecule has 6 nitrogen and oxygen atoms in total. The molecule has 4 unspecified atom stereocenters. The van der Waals surface area contributed by atoms with Crippen molar-refractivity contribution < 1.29 is 14.9 Å². The average molecular weight is 323 g/mol. The fraction of sp³-hybridized carbons (Fsp3) is 0.765. The Balaban J connectivity index is 2.10. The average Bonchev–Trinajstić information content (AvgIpc) is 2.79. The first-order valence-electron chi connectivity index (χ1n) is 8.39. The molecule has 1 fully saturated rings. The predicted octanol–water partition coefficient (Wildman–Crippen LogP) is 0.564. The number of aromatic nitrogens is 2. The van der Waals surface area contributed by atoms with Crippen LogP contribution < -0.4 is 5.32 Å². The van der Waals surface area contributed by atoms with Gasteiger partial charge >= 0.3 is 0 Å². The third-order valence-electron chi connectivity index (χ3n) is 4.55. The molecule has 2 rings (SSSR count). The van der Waals surface area contributed by atoms with Gasteiger partial charge in [0, 0.05) is 50.0 Å². The molecule has 0 spiro atoms. The minimum absolute atomic E-state index is 0.00369. The van der Waals surface area contributed by atoms with Gasteiger partial charge in [-0.1, -0.05) is 13.8 Å². The van der Waals surface area contributed by atoms with Gasteiger partial charge in [-0.2, -0.15) is 0 Å². The zero-order valence-corrected chi connectivity index (χ0v) is 14.3. The summed E-state index contributed by atoms with van der Waals surface area (Å²) in [6, 6.07) is 2.45. The number of hydrogen-bond acceptors (Lipinski definition) is 6. The van der Waals surface area contributed by atoms with Crippen molar-refractivity contribution in [2.75, 3.05) is 20.3 Å². The fourth-order valence-corrected chi connectivity index (χ4v) is 3.47. The van der Waals surface area contributed by atoms with Crippen molar-refractivity contribution in [3.8, 4) is 0 Å². The van der Waals surface area contributed by atoms with Crippen LogP contribution in [-0.2, 0) is 17.6 Å². The van der Waals surface area contributed by atoms with Crippen molar-refractivity contribution in [2.45, 2.75) is 51.3 Å². The molecule has 0 amide bonds. The highest BCUT2D eigenvalue weighted by Gasteiger charge is 2.42. The minimum Gasteiger partial charge on any atom is -0.396 e. The van der Waals surface area contributed by atoms with E-state index in [9.17, 15) is 10.2 Å². The molecular weight excluding hydrogens is 294 g/mol. The second-order valence-corrected chi connectivity index (χ2v) is 6.65. The maximum atomic E-state index is 10.2. The van der Waals surface area contributed by atoms with Crippen molar-refractivity contribution >= 4 is 0 Å². The monoisotopic (exact) mass is 323 g/mol. The Morgan fingerprint density at radius 3 is 2.83 bits per heavy atom. The van der Waals surface area contributed by atoms with Crippen LogP contribution in [0.5, 0.6) is 0 Å². The lowest BCUT2D eigenvalue weighted by molar-refractivity contribution is 0.0715. The summed E-state index contributed by atoms with van der Waals surface area (Å²) in [5.41, 5.74) is 0.958. The number of ether oxygens (including phenoxy) is 1. The standard InChI is InChI=1S/C17H29N3O3/c1-11(2)19-15-9-16(22)14(10-21)13(15)8-12-4-6-18-17(20-12)5-7-23-3/h4,6,11,13-16,19,21-22H,5,7-10H2,1-3H3. The Morgan fingerprint density at radius 2 is 2.17 bits per heavy atom. The van der Waals surface area contributed by atoms with Gasteiger partial charge in [0.2, 0.25) is 0 Å². The lowest BCUT2D eigenvalue weighted by atomic mass is 9.88. The molecule has 1 aromatic rings. The van der Waals surface area contributed by atoms with Crippen LogP contribution in [0.25, 0.3) is 0 Å². The number of hydrogen-bond donors (Lipinski definition) is 3. The summed E-state index contributed by atoms with van der Waals surface area (Å²) < 4.78 is 5.07. The van der Waals surface area contributed by atoms with Crippen LogP contribution in [-0.4, -0.2) is 58.7 Å². The van der Waals surface area contributed by atoms with Gasteiger partial charge in [-0.25, -0.2) is 9.97 Å². The Kier molecular flexibility index (Phi) is 6.89. The Morgan fingerprint density at radius 1 is 1.39 bits per heavy atom. The maximum absolute atomic E-state index is 10.2. The summed E-state index contributed by atoms with van der Waals surface area (Å²) >= 11 is 0. The highest BCUT2D eigenvalue weighted by atomic mass is 16.5. The van der Waals surface area contributed by atoms with Gasteiger partial charge in [0.15, 0.2) is 0 Å². The van der Waals surface area contributed by atoms with Crippen LogP contribution in [0.3, 0.4) is 0 Å². The van der Waals surface area contributed by atoms with E-state index < -0.39 is 6.10 Å². The summed E-state index contributed by atoms with van der Waals surface area (Å²) in [5.74, 6) is 0.836. The van der Waals surface area contributed by atoms with Crippen LogP contribution in [0.1, 0.15) is 31.8 Å². The normalized spacial score (nSPS) is 27.7. The molecule has 0 radical (unpaired) electrons. The molecule has 3 N–H and O–H groups in total. The maximum Gasteiger partial charge on any atom is 0.130 e. The van der Waals surface area contributed by atoms with E-state index in [4.69, 9.17) is 4.74 Å². The van der Waals surface area contributed by atoms with Gasteiger partial charge in [-0.15, -0.1) is 0 Å². The Hall–Kier alpha value is -1.08. The minimum atomic E-state index is -0.462. The van der Waals surface area contributed by atoms with Gasteiger partial charge in [-0.05, 0) is 24.8 Å². The zero-order valence-electron chi connectivity index (χ0n) is 14.3. The topological polar surface area (TPSA) is 87.5 Å². The summed E-state index contributed by atoms with van der Waals surface area (Å²) in [4.78, 5) is 8.87. The largest absolute Gasteiger partial charge is 0.396 e. The molecule has 0 aliphatic heterocycles. The van der Waals surface area contributed by atoms with Crippen LogP contribution >= 0.6 is 0 Å². The summed E-state index contributed by atoms with van der Waals surface area (Å²) in [6.45, 7) is 4.80. The van der Waals surface area contributed by atoms with Crippen molar-refractivity contribution in [1.82, 2.24) is 15.3 Å². The lowest BCUT2D eigenvalue weighted by Crippen LogP contribution is -2.40. The second kappa shape index (κ2) is 8.68. The summed E-state index contributed by atoms with van der Waals surface area (Å²) in [5, 5.41) is 23.4. The molecule has 1 heterocycles. The highest BCUT2D eigenvalue weighted by molar-refractivity contribution is 5.08. The highest BCUT2D eigenvalue weighted by Crippen LogP contribution is 2.34. The smallest absolute Gasteiger partial charge is 0.130 e. The van der Waals surface area contributed by atoms with Crippen molar-refractivity contribution in [2.24, 2.45) is 11.8 Å². The summed E-state index contributed by atoms with van der Waals surface area (Å²) in [6.07, 6.45) is 3.41. The second-order valence-electron chi connectivity index (χ2n) is 6.65. The first-order valence-corrected chi connectivity index (χ1v) is 8.39. The molecule has 0 bridgehead atoms. The van der Waals surface area contributed by atoms with E-state index in [0.29, 0.717) is 25.5 Å². The van der Waals surface area contributed by atoms with E-state index in [-0.39, 0.29) is 24.5 Å². The van der Waals surface area contributed by atoms with E-state index in [1.807, 2.05) is 6.07 Å². The number of rotatable bonds is 8. The van der Waals surface area contributed by atoms with Gasteiger partial charge in [0.25, 0.3) is 0 Å². The molecule has 1 aromatic heterocycles. The van der Waals surface area contributed by atoms with E-state index >= 15 is 0 Å². The third kappa shape index (κ3) is 4.94. The van der Waals surface area contributed by atoms with E-state index in [0.717, 1.165) is 17.9 Å². The van der Waals surface area contributed by atoms with Gasteiger partial charge in [-0.3, -0.25) is 0 Å². The van der Waals surface area contributed by atoms with Gasteiger partial charge in [0.05, 0.1) is 12.7 Å². The molecule has 130 valence electrons. The van der Waals surface area contributed by atoms with Gasteiger partial charge < -0.3 is 20.3 Å². The van der Waals surface area contributed by atoms with E-state index in [1.54, 1.807) is 13.3 Å². The third-order valence-corrected chi connectivity index (χ3v) is 4.55. The predicted molar refractivity (Wildman–Crippen MR) is 88.1 cm³/mol. The molecule has 4 atom stereocenters. The molecule has 1 aliphatic carbocycles. The molecule has 1 saturated carbocycles. The molecule has 1 aliphatic rings. The number of nitrogens with zero attached hydrogens (tertiary/aromatic N) is 2. The first-order chi connectivity index (χ1) is 11.0. The quantitative estimate of drug-likeness (QED) is 0.648.